The molecule has 0 radical (unpaired) electrons. The van der Waals surface area contributed by atoms with Crippen molar-refractivity contribution in [3.05, 3.63) is 59.2 Å². The number of rotatable bonds is 2. The second-order valence-corrected chi connectivity index (χ2v) is 6.05. The monoisotopic (exact) mass is 308 g/mol. The van der Waals surface area contributed by atoms with Gasteiger partial charge in [0.05, 0.1) is 0 Å². The van der Waals surface area contributed by atoms with Gasteiger partial charge in [0.2, 0.25) is 11.8 Å². The number of anilines is 2. The van der Waals surface area contributed by atoms with Gasteiger partial charge < -0.3 is 5.32 Å². The molecule has 2 amide bonds. The molecule has 1 unspecified atom stereocenters. The lowest BCUT2D eigenvalue weighted by molar-refractivity contribution is -0.122. The fourth-order valence-corrected chi connectivity index (χ4v) is 3.15. The number of hydrogen-bond acceptors (Lipinski definition) is 2. The molecule has 1 atom stereocenters. The number of nitrogens with one attached hydrogen (secondary N) is 1. The first-order valence-corrected chi connectivity index (χ1v) is 7.73. The van der Waals surface area contributed by atoms with Gasteiger partial charge in [-0.25, -0.2) is 0 Å². The Morgan fingerprint density at radius 3 is 2.57 bits per heavy atom. The van der Waals surface area contributed by atoms with Gasteiger partial charge in [-0.05, 0) is 37.1 Å². The van der Waals surface area contributed by atoms with Gasteiger partial charge in [-0.1, -0.05) is 35.9 Å². The Hall–Kier alpha value is -2.62. The molecule has 1 N–H and O–H groups in total. The molecule has 0 aliphatic carbocycles. The van der Waals surface area contributed by atoms with Gasteiger partial charge in [0.1, 0.15) is 6.04 Å². The average Bonchev–Trinajstić information content (AvgIpc) is 2.89. The van der Waals surface area contributed by atoms with Crippen LogP contribution in [0.25, 0.3) is 0 Å². The summed E-state index contributed by atoms with van der Waals surface area (Å²) in [4.78, 5) is 26.4. The van der Waals surface area contributed by atoms with Crippen LogP contribution in [0.4, 0.5) is 11.4 Å². The zero-order valence-electron chi connectivity index (χ0n) is 13.6. The Morgan fingerprint density at radius 1 is 1.13 bits per heavy atom. The molecule has 0 bridgehead atoms. The molecular weight excluding hydrogens is 288 g/mol. The predicted molar refractivity (Wildman–Crippen MR) is 91.6 cm³/mol. The van der Waals surface area contributed by atoms with Crippen LogP contribution in [0, 0.1) is 13.8 Å². The Bertz CT molecular complexity index is 783. The number of benzene rings is 2. The van der Waals surface area contributed by atoms with E-state index in [-0.39, 0.29) is 11.8 Å². The second-order valence-electron chi connectivity index (χ2n) is 6.05. The molecule has 4 nitrogen and oxygen atoms in total. The number of carbonyl (C=O) groups excluding carboxylic acids is 2. The summed E-state index contributed by atoms with van der Waals surface area (Å²) in [5, 5.41) is 2.97. The largest absolute Gasteiger partial charge is 0.324 e. The van der Waals surface area contributed by atoms with E-state index in [9.17, 15) is 9.59 Å². The van der Waals surface area contributed by atoms with E-state index in [0.29, 0.717) is 6.42 Å². The first kappa shape index (κ1) is 15.3. The summed E-state index contributed by atoms with van der Waals surface area (Å²) in [7, 11) is 0. The smallest absolute Gasteiger partial charge is 0.247 e. The Balaban J connectivity index is 1.86. The van der Waals surface area contributed by atoms with Crippen molar-refractivity contribution < 1.29 is 9.59 Å². The minimum atomic E-state index is -0.495. The van der Waals surface area contributed by atoms with Crippen molar-refractivity contribution in [3.8, 4) is 0 Å². The van der Waals surface area contributed by atoms with Crippen LogP contribution >= 0.6 is 0 Å². The fourth-order valence-electron chi connectivity index (χ4n) is 3.15. The third-order valence-corrected chi connectivity index (χ3v) is 4.26. The average molecular weight is 308 g/mol. The van der Waals surface area contributed by atoms with Crippen molar-refractivity contribution >= 4 is 23.2 Å². The van der Waals surface area contributed by atoms with Gasteiger partial charge in [-0.2, -0.15) is 0 Å². The van der Waals surface area contributed by atoms with E-state index in [1.165, 1.54) is 6.92 Å². The van der Waals surface area contributed by atoms with Gasteiger partial charge in [0.25, 0.3) is 0 Å². The van der Waals surface area contributed by atoms with Gasteiger partial charge in [-0.15, -0.1) is 0 Å². The number of para-hydroxylation sites is 1. The van der Waals surface area contributed by atoms with E-state index in [4.69, 9.17) is 0 Å². The molecule has 2 aromatic carbocycles. The maximum atomic E-state index is 12.7. The lowest BCUT2D eigenvalue weighted by Crippen LogP contribution is -2.44. The normalized spacial score (nSPS) is 16.1. The lowest BCUT2D eigenvalue weighted by Gasteiger charge is -2.23. The summed E-state index contributed by atoms with van der Waals surface area (Å²) in [6.45, 7) is 5.48. The highest BCUT2D eigenvalue weighted by molar-refractivity contribution is 6.06. The van der Waals surface area contributed by atoms with Crippen molar-refractivity contribution in [2.24, 2.45) is 0 Å². The zero-order chi connectivity index (χ0) is 16.6. The maximum Gasteiger partial charge on any atom is 0.247 e. The van der Waals surface area contributed by atoms with Gasteiger partial charge >= 0.3 is 0 Å². The topological polar surface area (TPSA) is 49.4 Å². The van der Waals surface area contributed by atoms with E-state index in [1.54, 1.807) is 4.90 Å². The number of nitrogens with zero attached hydrogens (tertiary/aromatic N) is 1. The summed E-state index contributed by atoms with van der Waals surface area (Å²) >= 11 is 0. The van der Waals surface area contributed by atoms with Crippen LogP contribution in [0.15, 0.2) is 42.5 Å². The molecule has 2 aromatic rings. The van der Waals surface area contributed by atoms with Crippen LogP contribution in [0.5, 0.6) is 0 Å². The lowest BCUT2D eigenvalue weighted by atomic mass is 10.1. The third-order valence-electron chi connectivity index (χ3n) is 4.26. The third kappa shape index (κ3) is 2.84. The van der Waals surface area contributed by atoms with Gasteiger partial charge in [-0.3, -0.25) is 14.5 Å². The Morgan fingerprint density at radius 2 is 1.87 bits per heavy atom. The van der Waals surface area contributed by atoms with Crippen molar-refractivity contribution in [1.29, 1.82) is 0 Å². The molecule has 23 heavy (non-hydrogen) atoms. The summed E-state index contributed by atoms with van der Waals surface area (Å²) in [6.07, 6.45) is 0.548. The van der Waals surface area contributed by atoms with Crippen LogP contribution in [-0.2, 0) is 16.0 Å². The molecule has 1 aliphatic rings. The molecule has 0 aromatic heterocycles. The van der Waals surface area contributed by atoms with Crippen LogP contribution in [0.2, 0.25) is 0 Å². The SMILES string of the molecule is CC(=O)N1c2ccccc2CC1C(=O)Nc1ccc(C)cc1C. The highest BCUT2D eigenvalue weighted by Gasteiger charge is 2.36. The van der Waals surface area contributed by atoms with Crippen molar-refractivity contribution in [2.45, 2.75) is 33.2 Å². The number of hydrogen-bond donors (Lipinski definition) is 1. The highest BCUT2D eigenvalue weighted by atomic mass is 16.2. The summed E-state index contributed by atoms with van der Waals surface area (Å²) < 4.78 is 0. The first-order valence-electron chi connectivity index (χ1n) is 7.73. The van der Waals surface area contributed by atoms with E-state index in [2.05, 4.69) is 5.32 Å². The summed E-state index contributed by atoms with van der Waals surface area (Å²) in [6, 6.07) is 13.1. The van der Waals surface area contributed by atoms with E-state index < -0.39 is 6.04 Å². The molecule has 118 valence electrons. The summed E-state index contributed by atoms with van der Waals surface area (Å²) in [5.74, 6) is -0.265. The minimum absolute atomic E-state index is 0.115. The van der Waals surface area contributed by atoms with Crippen molar-refractivity contribution in [2.75, 3.05) is 10.2 Å². The van der Waals surface area contributed by atoms with Gasteiger partial charge in [0, 0.05) is 24.7 Å². The highest BCUT2D eigenvalue weighted by Crippen LogP contribution is 2.32. The van der Waals surface area contributed by atoms with Crippen molar-refractivity contribution in [3.63, 3.8) is 0 Å². The van der Waals surface area contributed by atoms with Gasteiger partial charge in [0.15, 0.2) is 0 Å². The van der Waals surface area contributed by atoms with Crippen LogP contribution in [0.1, 0.15) is 23.6 Å². The number of aryl methyl sites for hydroxylation is 2. The van der Waals surface area contributed by atoms with Crippen molar-refractivity contribution in [1.82, 2.24) is 0 Å². The Kier molecular flexibility index (Phi) is 3.90. The Labute approximate surface area is 136 Å². The molecule has 0 saturated carbocycles. The molecule has 3 rings (SSSR count). The van der Waals surface area contributed by atoms with E-state index >= 15 is 0 Å². The zero-order valence-corrected chi connectivity index (χ0v) is 13.6. The molecule has 0 fully saturated rings. The number of carbonyl (C=O) groups is 2. The van der Waals surface area contributed by atoms with Crippen LogP contribution in [0.3, 0.4) is 0 Å². The summed E-state index contributed by atoms with van der Waals surface area (Å²) in [5.41, 5.74) is 4.83. The molecule has 1 heterocycles. The molecule has 1 aliphatic heterocycles. The fraction of sp³-hybridized carbons (Fsp3) is 0.263. The predicted octanol–water partition coefficient (Wildman–Crippen LogP) is 3.22. The second kappa shape index (κ2) is 5.88. The van der Waals surface area contributed by atoms with Crippen LogP contribution in [-0.4, -0.2) is 17.9 Å². The first-order chi connectivity index (χ1) is 11.0. The molecule has 0 saturated heterocycles. The minimum Gasteiger partial charge on any atom is -0.324 e. The number of fused-ring (bicyclic) bond motifs is 1. The molecular formula is C19H20N2O2. The molecule has 4 heteroatoms. The number of amides is 2. The van der Waals surface area contributed by atoms with E-state index in [0.717, 1.165) is 28.1 Å². The standard InChI is InChI=1S/C19H20N2O2/c1-12-8-9-16(13(2)10-12)20-19(23)18-11-15-6-4-5-7-17(15)21(18)14(3)22/h4-10,18H,11H2,1-3H3,(H,20,23). The molecule has 0 spiro atoms. The maximum absolute atomic E-state index is 12.7. The van der Waals surface area contributed by atoms with Crippen LogP contribution < -0.4 is 10.2 Å². The quantitative estimate of drug-likeness (QED) is 0.926. The van der Waals surface area contributed by atoms with E-state index in [1.807, 2.05) is 56.3 Å².